The predicted octanol–water partition coefficient (Wildman–Crippen LogP) is 2.13. The number of ether oxygens (including phenoxy) is 1. The van der Waals surface area contributed by atoms with Crippen molar-refractivity contribution in [3.8, 4) is 11.5 Å². The van der Waals surface area contributed by atoms with Gasteiger partial charge in [-0.2, -0.15) is 5.10 Å². The van der Waals surface area contributed by atoms with Crippen LogP contribution in [0.3, 0.4) is 0 Å². The van der Waals surface area contributed by atoms with E-state index in [0.29, 0.717) is 17.0 Å². The van der Waals surface area contributed by atoms with Gasteiger partial charge in [0.05, 0.1) is 7.11 Å². The van der Waals surface area contributed by atoms with Gasteiger partial charge in [0.15, 0.2) is 0 Å². The van der Waals surface area contributed by atoms with Crippen molar-refractivity contribution in [2.24, 2.45) is 10.8 Å². The molecule has 0 aliphatic heterocycles. The minimum Gasteiger partial charge on any atom is -0.507 e. The highest BCUT2D eigenvalue weighted by Crippen LogP contribution is 2.26. The number of aromatic hydroxyl groups is 1. The summed E-state index contributed by atoms with van der Waals surface area (Å²) in [5, 5.41) is 14.2. The molecule has 0 heterocycles. The molecule has 0 spiro atoms. The first kappa shape index (κ1) is 15.4. The zero-order valence-electron chi connectivity index (χ0n) is 12.3. The zero-order valence-corrected chi connectivity index (χ0v) is 12.3. The summed E-state index contributed by atoms with van der Waals surface area (Å²) in [6.45, 7) is 1.97. The molecule has 0 aliphatic rings. The van der Waals surface area contributed by atoms with Crippen molar-refractivity contribution in [1.82, 2.24) is 5.43 Å². The van der Waals surface area contributed by atoms with Gasteiger partial charge >= 0.3 is 6.03 Å². The molecule has 0 unspecified atom stereocenters. The topological polar surface area (TPSA) is 96.9 Å². The molecule has 6 nitrogen and oxygen atoms in total. The lowest BCUT2D eigenvalue weighted by Crippen LogP contribution is -2.26. The summed E-state index contributed by atoms with van der Waals surface area (Å²) in [5.74, 6) is 0.511. The SMILES string of the molecule is COc1ccc(/C(=N/NC(N)=O)c2ccc(C)cc2)c(O)c1. The Balaban J connectivity index is 2.51. The quantitative estimate of drug-likeness (QED) is 0.596. The maximum Gasteiger partial charge on any atom is 0.332 e. The first-order valence-corrected chi connectivity index (χ1v) is 6.59. The van der Waals surface area contributed by atoms with Gasteiger partial charge in [0.1, 0.15) is 17.2 Å². The fourth-order valence-electron chi connectivity index (χ4n) is 1.94. The van der Waals surface area contributed by atoms with E-state index in [2.05, 4.69) is 10.5 Å². The van der Waals surface area contributed by atoms with Crippen LogP contribution in [0.15, 0.2) is 47.6 Å². The van der Waals surface area contributed by atoms with Crippen LogP contribution in [0.4, 0.5) is 4.79 Å². The Hall–Kier alpha value is -3.02. The summed E-state index contributed by atoms with van der Waals surface area (Å²) in [4.78, 5) is 10.9. The number of nitrogens with one attached hydrogen (secondary N) is 1. The summed E-state index contributed by atoms with van der Waals surface area (Å²) in [7, 11) is 1.51. The second-order valence-electron chi connectivity index (χ2n) is 4.69. The summed E-state index contributed by atoms with van der Waals surface area (Å²) in [6, 6.07) is 11.6. The standard InChI is InChI=1S/C16H17N3O3/c1-10-3-5-11(6-4-10)15(18-19-16(17)21)13-8-7-12(22-2)9-14(13)20/h3-9,20H,1-2H3,(H3,17,19,21)/b18-15+. The number of primary amides is 1. The summed E-state index contributed by atoms with van der Waals surface area (Å²) in [5.41, 5.74) is 9.95. The number of amides is 2. The van der Waals surface area contributed by atoms with E-state index in [1.807, 2.05) is 31.2 Å². The number of aryl methyl sites for hydroxylation is 1. The molecule has 22 heavy (non-hydrogen) atoms. The van der Waals surface area contributed by atoms with Gasteiger partial charge in [0, 0.05) is 17.2 Å². The molecule has 2 aromatic carbocycles. The van der Waals surface area contributed by atoms with E-state index in [1.165, 1.54) is 13.2 Å². The number of nitrogens with zero attached hydrogens (tertiary/aromatic N) is 1. The number of phenolic OH excluding ortho intramolecular Hbond substituents is 1. The molecule has 2 rings (SSSR count). The van der Waals surface area contributed by atoms with Crippen LogP contribution in [-0.2, 0) is 0 Å². The number of hydrogen-bond donors (Lipinski definition) is 3. The number of urea groups is 1. The van der Waals surface area contributed by atoms with E-state index in [0.717, 1.165) is 11.1 Å². The molecule has 0 saturated carbocycles. The van der Waals surface area contributed by atoms with Gasteiger partial charge < -0.3 is 15.6 Å². The molecule has 6 heteroatoms. The Bertz CT molecular complexity index is 709. The van der Waals surface area contributed by atoms with Gasteiger partial charge in [-0.15, -0.1) is 0 Å². The van der Waals surface area contributed by atoms with Gasteiger partial charge in [0.2, 0.25) is 0 Å². The van der Waals surface area contributed by atoms with Crippen LogP contribution in [-0.4, -0.2) is 24.0 Å². The largest absolute Gasteiger partial charge is 0.507 e. The number of carbonyl (C=O) groups is 1. The van der Waals surface area contributed by atoms with Crippen LogP contribution in [0, 0.1) is 6.92 Å². The van der Waals surface area contributed by atoms with E-state index in [1.54, 1.807) is 12.1 Å². The van der Waals surface area contributed by atoms with Crippen molar-refractivity contribution >= 4 is 11.7 Å². The van der Waals surface area contributed by atoms with E-state index < -0.39 is 6.03 Å². The number of methoxy groups -OCH3 is 1. The van der Waals surface area contributed by atoms with Gasteiger partial charge in [-0.05, 0) is 19.1 Å². The molecule has 4 N–H and O–H groups in total. The van der Waals surface area contributed by atoms with Gasteiger partial charge in [0.25, 0.3) is 0 Å². The molecule has 0 saturated heterocycles. The molecule has 0 atom stereocenters. The molecule has 114 valence electrons. The molecule has 0 fully saturated rings. The lowest BCUT2D eigenvalue weighted by molar-refractivity contribution is 0.249. The highest BCUT2D eigenvalue weighted by Gasteiger charge is 2.13. The maximum absolute atomic E-state index is 10.9. The highest BCUT2D eigenvalue weighted by atomic mass is 16.5. The molecule has 0 bridgehead atoms. The van der Waals surface area contributed by atoms with E-state index in [4.69, 9.17) is 10.5 Å². The maximum atomic E-state index is 10.9. The fraction of sp³-hybridized carbons (Fsp3) is 0.125. The Kier molecular flexibility index (Phi) is 4.63. The number of carbonyl (C=O) groups excluding carboxylic acids is 1. The third-order valence-electron chi connectivity index (χ3n) is 3.06. The predicted molar refractivity (Wildman–Crippen MR) is 84.2 cm³/mol. The molecular formula is C16H17N3O3. The number of hydrazone groups is 1. The van der Waals surface area contributed by atoms with Crippen molar-refractivity contribution in [3.05, 3.63) is 59.2 Å². The van der Waals surface area contributed by atoms with Crippen LogP contribution in [0.25, 0.3) is 0 Å². The smallest absolute Gasteiger partial charge is 0.332 e. The number of nitrogens with two attached hydrogens (primary N) is 1. The van der Waals surface area contributed by atoms with Crippen LogP contribution in [0.2, 0.25) is 0 Å². The minimum atomic E-state index is -0.780. The Morgan fingerprint density at radius 2 is 1.91 bits per heavy atom. The summed E-state index contributed by atoms with van der Waals surface area (Å²) < 4.78 is 5.06. The number of phenols is 1. The third-order valence-corrected chi connectivity index (χ3v) is 3.06. The zero-order chi connectivity index (χ0) is 16.1. The Morgan fingerprint density at radius 3 is 2.45 bits per heavy atom. The first-order chi connectivity index (χ1) is 10.5. The van der Waals surface area contributed by atoms with E-state index in [-0.39, 0.29) is 5.75 Å². The van der Waals surface area contributed by atoms with Gasteiger partial charge in [-0.25, -0.2) is 10.2 Å². The molecule has 2 aromatic rings. The number of rotatable bonds is 4. The van der Waals surface area contributed by atoms with Crippen molar-refractivity contribution in [1.29, 1.82) is 0 Å². The molecule has 2 amide bonds. The van der Waals surface area contributed by atoms with Crippen LogP contribution in [0.1, 0.15) is 16.7 Å². The average Bonchev–Trinajstić information content (AvgIpc) is 2.50. The Labute approximate surface area is 128 Å². The van der Waals surface area contributed by atoms with Crippen LogP contribution >= 0.6 is 0 Å². The van der Waals surface area contributed by atoms with E-state index in [9.17, 15) is 9.90 Å². The average molecular weight is 299 g/mol. The van der Waals surface area contributed by atoms with Crippen molar-refractivity contribution in [3.63, 3.8) is 0 Å². The lowest BCUT2D eigenvalue weighted by Gasteiger charge is -2.11. The second kappa shape index (κ2) is 6.62. The van der Waals surface area contributed by atoms with Gasteiger partial charge in [-0.1, -0.05) is 29.8 Å². The minimum absolute atomic E-state index is 0.00931. The Morgan fingerprint density at radius 1 is 1.23 bits per heavy atom. The number of hydrogen-bond acceptors (Lipinski definition) is 4. The first-order valence-electron chi connectivity index (χ1n) is 6.59. The second-order valence-corrected chi connectivity index (χ2v) is 4.69. The van der Waals surface area contributed by atoms with Crippen molar-refractivity contribution in [2.45, 2.75) is 6.92 Å². The molecular weight excluding hydrogens is 282 g/mol. The molecule has 0 radical (unpaired) electrons. The monoisotopic (exact) mass is 299 g/mol. The van der Waals surface area contributed by atoms with E-state index >= 15 is 0 Å². The normalized spacial score (nSPS) is 11.1. The third kappa shape index (κ3) is 3.54. The highest BCUT2D eigenvalue weighted by molar-refractivity contribution is 6.14. The lowest BCUT2D eigenvalue weighted by atomic mass is 10.0. The van der Waals surface area contributed by atoms with Crippen LogP contribution < -0.4 is 15.9 Å². The number of benzene rings is 2. The fourth-order valence-corrected chi connectivity index (χ4v) is 1.94. The van der Waals surface area contributed by atoms with Crippen molar-refractivity contribution < 1.29 is 14.6 Å². The molecule has 0 aromatic heterocycles. The van der Waals surface area contributed by atoms with Crippen molar-refractivity contribution in [2.75, 3.05) is 7.11 Å². The van der Waals surface area contributed by atoms with Gasteiger partial charge in [-0.3, -0.25) is 0 Å². The summed E-state index contributed by atoms with van der Waals surface area (Å²) in [6.07, 6.45) is 0. The summed E-state index contributed by atoms with van der Waals surface area (Å²) >= 11 is 0. The molecule has 0 aliphatic carbocycles. The van der Waals surface area contributed by atoms with Crippen LogP contribution in [0.5, 0.6) is 11.5 Å².